The van der Waals surface area contributed by atoms with Crippen LogP contribution in [0.4, 0.5) is 4.39 Å². The van der Waals surface area contributed by atoms with Gasteiger partial charge in [0, 0.05) is 25.1 Å². The summed E-state index contributed by atoms with van der Waals surface area (Å²) in [5.41, 5.74) is 2.66. The van der Waals surface area contributed by atoms with E-state index < -0.39 is 0 Å². The maximum absolute atomic E-state index is 13.0. The van der Waals surface area contributed by atoms with Crippen LogP contribution >= 0.6 is 0 Å². The number of nitrogens with zero attached hydrogens (tertiary/aromatic N) is 1. The molecule has 1 unspecified atom stereocenters. The predicted octanol–water partition coefficient (Wildman–Crippen LogP) is 3.55. The molecule has 1 aliphatic heterocycles. The Labute approximate surface area is 141 Å². The van der Waals surface area contributed by atoms with E-state index in [-0.39, 0.29) is 17.8 Å². The number of rotatable bonds is 4. The highest BCUT2D eigenvalue weighted by atomic mass is 19.1. The van der Waals surface area contributed by atoms with Gasteiger partial charge in [0.1, 0.15) is 5.82 Å². The Morgan fingerprint density at radius 2 is 1.92 bits per heavy atom. The van der Waals surface area contributed by atoms with Gasteiger partial charge in [0.05, 0.1) is 12.7 Å². The fourth-order valence-corrected chi connectivity index (χ4v) is 2.86. The zero-order valence-electron chi connectivity index (χ0n) is 13.5. The number of halogens is 1. The van der Waals surface area contributed by atoms with Crippen molar-refractivity contribution in [2.24, 2.45) is 0 Å². The van der Waals surface area contributed by atoms with Crippen LogP contribution in [0.3, 0.4) is 0 Å². The highest BCUT2D eigenvalue weighted by Gasteiger charge is 2.25. The first-order valence-corrected chi connectivity index (χ1v) is 8.03. The summed E-state index contributed by atoms with van der Waals surface area (Å²) < 4.78 is 18.7. The average Bonchev–Trinajstić information content (AvgIpc) is 2.63. The number of amides is 1. The number of morpholine rings is 1. The summed E-state index contributed by atoms with van der Waals surface area (Å²) >= 11 is 0. The summed E-state index contributed by atoms with van der Waals surface area (Å²) in [6.45, 7) is 5.36. The molecule has 1 atom stereocenters. The molecule has 3 nitrogen and oxygen atoms in total. The molecule has 1 aliphatic rings. The molecule has 124 valence electrons. The van der Waals surface area contributed by atoms with Crippen molar-refractivity contribution < 1.29 is 13.9 Å². The van der Waals surface area contributed by atoms with Gasteiger partial charge in [0.2, 0.25) is 0 Å². The number of ether oxygens (including phenoxy) is 1. The Morgan fingerprint density at radius 3 is 2.58 bits per heavy atom. The van der Waals surface area contributed by atoms with Crippen molar-refractivity contribution in [1.82, 2.24) is 4.90 Å². The molecular weight excluding hydrogens is 305 g/mol. The zero-order valence-corrected chi connectivity index (χ0v) is 13.5. The van der Waals surface area contributed by atoms with Gasteiger partial charge in [-0.15, -0.1) is 0 Å². The molecule has 0 bridgehead atoms. The van der Waals surface area contributed by atoms with Crippen LogP contribution in [0.2, 0.25) is 0 Å². The van der Waals surface area contributed by atoms with Crippen molar-refractivity contribution in [2.45, 2.75) is 12.5 Å². The Kier molecular flexibility index (Phi) is 5.06. The molecule has 24 heavy (non-hydrogen) atoms. The average molecular weight is 325 g/mol. The maximum atomic E-state index is 13.0. The quantitative estimate of drug-likeness (QED) is 0.860. The van der Waals surface area contributed by atoms with Gasteiger partial charge in [0.25, 0.3) is 5.91 Å². The minimum absolute atomic E-state index is 0.0121. The van der Waals surface area contributed by atoms with E-state index in [4.69, 9.17) is 4.74 Å². The molecule has 0 spiro atoms. The molecule has 1 saturated heterocycles. The lowest BCUT2D eigenvalue weighted by Crippen LogP contribution is -2.46. The molecule has 0 aromatic heterocycles. The first-order chi connectivity index (χ1) is 11.7. The van der Waals surface area contributed by atoms with Gasteiger partial charge in [-0.1, -0.05) is 36.9 Å². The van der Waals surface area contributed by atoms with Gasteiger partial charge < -0.3 is 9.64 Å². The summed E-state index contributed by atoms with van der Waals surface area (Å²) in [5, 5.41) is 0. The van der Waals surface area contributed by atoms with E-state index in [2.05, 4.69) is 6.58 Å². The van der Waals surface area contributed by atoms with Gasteiger partial charge in [-0.3, -0.25) is 4.79 Å². The van der Waals surface area contributed by atoms with Crippen LogP contribution < -0.4 is 0 Å². The molecule has 0 N–H and O–H groups in total. The van der Waals surface area contributed by atoms with Gasteiger partial charge in [0.15, 0.2) is 0 Å². The normalized spacial score (nSPS) is 17.5. The monoisotopic (exact) mass is 325 g/mol. The largest absolute Gasteiger partial charge is 0.374 e. The standard InChI is InChI=1S/C20H20FNO2/c1-2-15-3-7-17(8-4-15)20(23)22-11-12-24-19(14-22)13-16-5-9-18(21)10-6-16/h2-10,19H,1,11-14H2. The lowest BCUT2D eigenvalue weighted by molar-refractivity contribution is -0.0208. The van der Waals surface area contributed by atoms with Crippen LogP contribution in [0, 0.1) is 5.82 Å². The van der Waals surface area contributed by atoms with E-state index in [1.54, 1.807) is 18.2 Å². The summed E-state index contributed by atoms with van der Waals surface area (Å²) in [6, 6.07) is 13.8. The number of benzene rings is 2. The lowest BCUT2D eigenvalue weighted by atomic mass is 10.1. The van der Waals surface area contributed by atoms with E-state index in [0.717, 1.165) is 11.1 Å². The molecular formula is C20H20FNO2. The van der Waals surface area contributed by atoms with Gasteiger partial charge in [-0.25, -0.2) is 4.39 Å². The molecule has 0 radical (unpaired) electrons. The van der Waals surface area contributed by atoms with E-state index in [9.17, 15) is 9.18 Å². The zero-order chi connectivity index (χ0) is 16.9. The molecule has 0 aliphatic carbocycles. The first-order valence-electron chi connectivity index (χ1n) is 8.03. The van der Waals surface area contributed by atoms with Crippen molar-refractivity contribution in [3.8, 4) is 0 Å². The van der Waals surface area contributed by atoms with Crippen molar-refractivity contribution in [3.05, 3.63) is 77.6 Å². The van der Waals surface area contributed by atoms with Crippen LogP contribution in [-0.2, 0) is 11.2 Å². The Hall–Kier alpha value is -2.46. The van der Waals surface area contributed by atoms with Crippen LogP contribution in [0.15, 0.2) is 55.1 Å². The minimum Gasteiger partial charge on any atom is -0.374 e. The van der Waals surface area contributed by atoms with E-state index in [1.807, 2.05) is 29.2 Å². The predicted molar refractivity (Wildman–Crippen MR) is 92.3 cm³/mol. The highest BCUT2D eigenvalue weighted by Crippen LogP contribution is 2.15. The molecule has 3 rings (SSSR count). The number of carbonyl (C=O) groups excluding carboxylic acids is 1. The molecule has 0 saturated carbocycles. The summed E-state index contributed by atoms with van der Waals surface area (Å²) in [5.74, 6) is -0.235. The molecule has 1 amide bonds. The third-order valence-electron chi connectivity index (χ3n) is 4.20. The number of carbonyl (C=O) groups is 1. The van der Waals surface area contributed by atoms with Crippen molar-refractivity contribution in [3.63, 3.8) is 0 Å². The minimum atomic E-state index is -0.247. The Balaban J connectivity index is 1.64. The summed E-state index contributed by atoms with van der Waals surface area (Å²) in [7, 11) is 0. The highest BCUT2D eigenvalue weighted by molar-refractivity contribution is 5.94. The molecule has 1 fully saturated rings. The summed E-state index contributed by atoms with van der Waals surface area (Å²) in [4.78, 5) is 14.5. The van der Waals surface area contributed by atoms with Crippen LogP contribution in [0.1, 0.15) is 21.5 Å². The second kappa shape index (κ2) is 7.41. The maximum Gasteiger partial charge on any atom is 0.254 e. The number of hydrogen-bond donors (Lipinski definition) is 0. The molecule has 4 heteroatoms. The number of hydrogen-bond acceptors (Lipinski definition) is 2. The second-order valence-electron chi connectivity index (χ2n) is 5.90. The third kappa shape index (κ3) is 3.89. The van der Waals surface area contributed by atoms with E-state index in [1.165, 1.54) is 12.1 Å². The smallest absolute Gasteiger partial charge is 0.254 e. The Bertz CT molecular complexity index is 709. The molecule has 2 aromatic rings. The fraction of sp³-hybridized carbons (Fsp3) is 0.250. The molecule has 2 aromatic carbocycles. The van der Waals surface area contributed by atoms with Crippen LogP contribution in [0.5, 0.6) is 0 Å². The van der Waals surface area contributed by atoms with Crippen LogP contribution in [0.25, 0.3) is 6.08 Å². The van der Waals surface area contributed by atoms with E-state index >= 15 is 0 Å². The van der Waals surface area contributed by atoms with Gasteiger partial charge in [-0.2, -0.15) is 0 Å². The van der Waals surface area contributed by atoms with Gasteiger partial charge in [-0.05, 0) is 35.4 Å². The SMILES string of the molecule is C=Cc1ccc(C(=O)N2CCOC(Cc3ccc(F)cc3)C2)cc1. The van der Waals surface area contributed by atoms with E-state index in [0.29, 0.717) is 31.7 Å². The third-order valence-corrected chi connectivity index (χ3v) is 4.20. The first kappa shape index (κ1) is 16.4. The van der Waals surface area contributed by atoms with Gasteiger partial charge >= 0.3 is 0 Å². The fourth-order valence-electron chi connectivity index (χ4n) is 2.86. The van der Waals surface area contributed by atoms with Crippen molar-refractivity contribution in [1.29, 1.82) is 0 Å². The van der Waals surface area contributed by atoms with Crippen molar-refractivity contribution >= 4 is 12.0 Å². The lowest BCUT2D eigenvalue weighted by Gasteiger charge is -2.33. The summed E-state index contributed by atoms with van der Waals surface area (Å²) in [6.07, 6.45) is 2.35. The van der Waals surface area contributed by atoms with Crippen molar-refractivity contribution in [2.75, 3.05) is 19.7 Å². The van der Waals surface area contributed by atoms with Crippen LogP contribution in [-0.4, -0.2) is 36.6 Å². The topological polar surface area (TPSA) is 29.5 Å². The molecule has 1 heterocycles. The Morgan fingerprint density at radius 1 is 1.21 bits per heavy atom. The second-order valence-corrected chi connectivity index (χ2v) is 5.90.